The van der Waals surface area contributed by atoms with Crippen molar-refractivity contribution in [1.82, 2.24) is 4.98 Å². The minimum absolute atomic E-state index is 0.0331. The zero-order valence-corrected chi connectivity index (χ0v) is 13.5. The van der Waals surface area contributed by atoms with E-state index < -0.39 is 9.84 Å². The van der Waals surface area contributed by atoms with Gasteiger partial charge in [-0.1, -0.05) is 12.2 Å². The van der Waals surface area contributed by atoms with E-state index in [-0.39, 0.29) is 22.5 Å². The third kappa shape index (κ3) is 2.93. The lowest BCUT2D eigenvalue weighted by Gasteiger charge is -2.28. The summed E-state index contributed by atoms with van der Waals surface area (Å²) in [6, 6.07) is 1.88. The van der Waals surface area contributed by atoms with Gasteiger partial charge in [-0.25, -0.2) is 8.42 Å². The second-order valence-electron chi connectivity index (χ2n) is 5.28. The molecule has 1 saturated heterocycles. The van der Waals surface area contributed by atoms with E-state index in [1.165, 1.54) is 0 Å². The van der Waals surface area contributed by atoms with E-state index in [0.717, 1.165) is 22.6 Å². The Morgan fingerprint density at radius 2 is 2.15 bits per heavy atom. The van der Waals surface area contributed by atoms with E-state index in [4.69, 9.17) is 18.0 Å². The standard InChI is InChI=1S/C13H19N3O2S2/c1-8-6-11(12(13(14)19)9(2)15-8)16(3)10-4-5-20(17,18)7-10/h6,10H,4-5,7H2,1-3H3,(H2,14,19). The molecular weight excluding hydrogens is 294 g/mol. The van der Waals surface area contributed by atoms with Crippen LogP contribution in [0, 0.1) is 13.8 Å². The third-order valence-electron chi connectivity index (χ3n) is 3.69. The molecule has 5 nitrogen and oxygen atoms in total. The summed E-state index contributed by atoms with van der Waals surface area (Å²) in [4.78, 5) is 6.64. The summed E-state index contributed by atoms with van der Waals surface area (Å²) in [5.74, 6) is 0.425. The molecule has 0 amide bonds. The van der Waals surface area contributed by atoms with Gasteiger partial charge in [-0.05, 0) is 26.3 Å². The molecule has 1 aromatic heterocycles. The van der Waals surface area contributed by atoms with Crippen LogP contribution in [0.15, 0.2) is 6.07 Å². The highest BCUT2D eigenvalue weighted by atomic mass is 32.2. The average Bonchev–Trinajstić information content (AvgIpc) is 2.67. The SMILES string of the molecule is Cc1cc(N(C)C2CCS(=O)(=O)C2)c(C(N)=S)c(C)n1. The molecule has 0 spiro atoms. The van der Waals surface area contributed by atoms with E-state index in [9.17, 15) is 8.42 Å². The highest BCUT2D eigenvalue weighted by Gasteiger charge is 2.32. The van der Waals surface area contributed by atoms with Crippen LogP contribution in [0.3, 0.4) is 0 Å². The molecule has 7 heteroatoms. The van der Waals surface area contributed by atoms with Crippen LogP contribution in [0.4, 0.5) is 5.69 Å². The zero-order valence-electron chi connectivity index (χ0n) is 11.9. The van der Waals surface area contributed by atoms with Crippen molar-refractivity contribution in [2.24, 2.45) is 5.73 Å². The molecule has 1 aliphatic heterocycles. The summed E-state index contributed by atoms with van der Waals surface area (Å²) in [5, 5.41) is 0. The summed E-state index contributed by atoms with van der Waals surface area (Å²) in [6.07, 6.45) is 0.635. The van der Waals surface area contributed by atoms with Gasteiger partial charge in [0.05, 0.1) is 22.8 Å². The maximum Gasteiger partial charge on any atom is 0.152 e. The fourth-order valence-electron chi connectivity index (χ4n) is 2.67. The summed E-state index contributed by atoms with van der Waals surface area (Å²) in [6.45, 7) is 3.77. The van der Waals surface area contributed by atoms with Crippen LogP contribution in [0.25, 0.3) is 0 Å². The van der Waals surface area contributed by atoms with Crippen LogP contribution in [-0.2, 0) is 9.84 Å². The van der Waals surface area contributed by atoms with Gasteiger partial charge in [0, 0.05) is 24.5 Å². The molecule has 1 aromatic rings. The Morgan fingerprint density at radius 1 is 1.50 bits per heavy atom. The molecule has 1 fully saturated rings. The minimum atomic E-state index is -2.92. The third-order valence-corrected chi connectivity index (χ3v) is 5.64. The summed E-state index contributed by atoms with van der Waals surface area (Å²) < 4.78 is 23.3. The van der Waals surface area contributed by atoms with E-state index >= 15 is 0 Å². The Hall–Kier alpha value is -1.21. The molecule has 110 valence electrons. The number of anilines is 1. The molecule has 0 aromatic carbocycles. The fraction of sp³-hybridized carbons (Fsp3) is 0.538. The lowest BCUT2D eigenvalue weighted by molar-refractivity contribution is 0.601. The van der Waals surface area contributed by atoms with E-state index in [1.807, 2.05) is 31.9 Å². The second kappa shape index (κ2) is 5.29. The smallest absolute Gasteiger partial charge is 0.152 e. The number of hydrogen-bond acceptors (Lipinski definition) is 5. The van der Waals surface area contributed by atoms with Gasteiger partial charge >= 0.3 is 0 Å². The number of pyridine rings is 1. The molecule has 1 unspecified atom stereocenters. The van der Waals surface area contributed by atoms with Crippen LogP contribution in [0.5, 0.6) is 0 Å². The maximum absolute atomic E-state index is 11.6. The number of aryl methyl sites for hydroxylation is 2. The summed E-state index contributed by atoms with van der Waals surface area (Å²) >= 11 is 5.11. The first-order valence-electron chi connectivity index (χ1n) is 6.42. The molecular formula is C13H19N3O2S2. The Kier molecular flexibility index (Phi) is 4.02. The number of thiocarbonyl (C=S) groups is 1. The number of rotatable bonds is 3. The zero-order chi connectivity index (χ0) is 15.1. The van der Waals surface area contributed by atoms with Gasteiger partial charge in [-0.3, -0.25) is 4.98 Å². The molecule has 0 bridgehead atoms. The Bertz CT molecular complexity index is 656. The summed E-state index contributed by atoms with van der Waals surface area (Å²) in [7, 11) is -1.03. The molecule has 1 aliphatic rings. The Balaban J connectivity index is 2.44. The lowest BCUT2D eigenvalue weighted by atomic mass is 10.1. The average molecular weight is 313 g/mol. The van der Waals surface area contributed by atoms with Gasteiger partial charge in [0.1, 0.15) is 4.99 Å². The second-order valence-corrected chi connectivity index (χ2v) is 7.94. The number of aromatic nitrogens is 1. The van der Waals surface area contributed by atoms with Gasteiger partial charge in [0.2, 0.25) is 0 Å². The number of hydrogen-bond donors (Lipinski definition) is 1. The van der Waals surface area contributed by atoms with Crippen LogP contribution in [0.1, 0.15) is 23.4 Å². The topological polar surface area (TPSA) is 76.3 Å². The van der Waals surface area contributed by atoms with Crippen molar-refractivity contribution in [2.45, 2.75) is 26.3 Å². The van der Waals surface area contributed by atoms with E-state index in [2.05, 4.69) is 4.98 Å². The van der Waals surface area contributed by atoms with Crippen molar-refractivity contribution < 1.29 is 8.42 Å². The van der Waals surface area contributed by atoms with Crippen molar-refractivity contribution in [3.63, 3.8) is 0 Å². The molecule has 2 rings (SSSR count). The Morgan fingerprint density at radius 3 is 2.65 bits per heavy atom. The van der Waals surface area contributed by atoms with Crippen molar-refractivity contribution >= 4 is 32.7 Å². The van der Waals surface area contributed by atoms with Crippen molar-refractivity contribution in [1.29, 1.82) is 0 Å². The van der Waals surface area contributed by atoms with E-state index in [1.54, 1.807) is 0 Å². The molecule has 0 aliphatic carbocycles. The quantitative estimate of drug-likeness (QED) is 0.838. The number of nitrogens with zero attached hydrogens (tertiary/aromatic N) is 2. The predicted molar refractivity (Wildman–Crippen MR) is 85.1 cm³/mol. The predicted octanol–water partition coefficient (Wildman–Crippen LogP) is 0.956. The van der Waals surface area contributed by atoms with Crippen molar-refractivity contribution in [3.05, 3.63) is 23.0 Å². The van der Waals surface area contributed by atoms with Crippen LogP contribution >= 0.6 is 12.2 Å². The first-order valence-corrected chi connectivity index (χ1v) is 8.65. The van der Waals surface area contributed by atoms with Crippen LogP contribution in [-0.4, -0.2) is 43.0 Å². The molecule has 2 N–H and O–H groups in total. The first kappa shape index (κ1) is 15.2. The van der Waals surface area contributed by atoms with Gasteiger partial charge in [0.25, 0.3) is 0 Å². The monoisotopic (exact) mass is 313 g/mol. The molecule has 2 heterocycles. The normalized spacial score (nSPS) is 20.9. The molecule has 1 atom stereocenters. The fourth-order valence-corrected chi connectivity index (χ4v) is 4.69. The van der Waals surface area contributed by atoms with Crippen LogP contribution < -0.4 is 10.6 Å². The highest BCUT2D eigenvalue weighted by Crippen LogP contribution is 2.28. The van der Waals surface area contributed by atoms with Crippen molar-refractivity contribution in [3.8, 4) is 0 Å². The maximum atomic E-state index is 11.6. The Labute approximate surface area is 125 Å². The van der Waals surface area contributed by atoms with Gasteiger partial charge in [0.15, 0.2) is 9.84 Å². The number of sulfone groups is 1. The molecule has 20 heavy (non-hydrogen) atoms. The van der Waals surface area contributed by atoms with Gasteiger partial charge < -0.3 is 10.6 Å². The van der Waals surface area contributed by atoms with Gasteiger partial charge in [-0.15, -0.1) is 0 Å². The number of nitrogens with two attached hydrogens (primary N) is 1. The largest absolute Gasteiger partial charge is 0.389 e. The highest BCUT2D eigenvalue weighted by molar-refractivity contribution is 7.91. The van der Waals surface area contributed by atoms with Crippen LogP contribution in [0.2, 0.25) is 0 Å². The first-order chi connectivity index (χ1) is 9.21. The van der Waals surface area contributed by atoms with Crippen molar-refractivity contribution in [2.75, 3.05) is 23.5 Å². The summed E-state index contributed by atoms with van der Waals surface area (Å²) in [5.41, 5.74) is 9.04. The van der Waals surface area contributed by atoms with Gasteiger partial charge in [-0.2, -0.15) is 0 Å². The molecule has 0 saturated carbocycles. The minimum Gasteiger partial charge on any atom is -0.389 e. The van der Waals surface area contributed by atoms with E-state index in [0.29, 0.717) is 6.42 Å². The molecule has 0 radical (unpaired) electrons. The lowest BCUT2D eigenvalue weighted by Crippen LogP contribution is -2.34.